The molecule has 3 aromatic rings. The molecule has 0 radical (unpaired) electrons. The van der Waals surface area contributed by atoms with E-state index in [0.717, 1.165) is 11.3 Å². The van der Waals surface area contributed by atoms with Gasteiger partial charge >= 0.3 is 5.97 Å². The SMILES string of the molecule is COC(=O)c1sc(N2C(=O)C(O)=C(C(=O)c3ccc(C)o3)[C@@H]2c2cccs2)nc1C. The van der Waals surface area contributed by atoms with Gasteiger partial charge in [-0.2, -0.15) is 0 Å². The summed E-state index contributed by atoms with van der Waals surface area (Å²) in [6.07, 6.45) is 0. The highest BCUT2D eigenvalue weighted by atomic mass is 32.1. The summed E-state index contributed by atoms with van der Waals surface area (Å²) in [5.41, 5.74) is 0.296. The van der Waals surface area contributed by atoms with E-state index in [1.807, 2.05) is 0 Å². The number of thiazole rings is 1. The van der Waals surface area contributed by atoms with Gasteiger partial charge in [0, 0.05) is 4.88 Å². The molecule has 1 atom stereocenters. The zero-order valence-electron chi connectivity index (χ0n) is 16.2. The average Bonchev–Trinajstić information content (AvgIpc) is 3.49. The number of rotatable bonds is 5. The van der Waals surface area contributed by atoms with Crippen LogP contribution in [0.2, 0.25) is 0 Å². The van der Waals surface area contributed by atoms with Gasteiger partial charge < -0.3 is 14.3 Å². The highest BCUT2D eigenvalue weighted by Crippen LogP contribution is 2.45. The Morgan fingerprint density at radius 3 is 2.63 bits per heavy atom. The first-order valence-electron chi connectivity index (χ1n) is 8.80. The molecule has 0 unspecified atom stereocenters. The molecule has 4 heterocycles. The molecule has 4 rings (SSSR count). The summed E-state index contributed by atoms with van der Waals surface area (Å²) in [5.74, 6) is -2.04. The quantitative estimate of drug-likeness (QED) is 0.468. The van der Waals surface area contributed by atoms with Crippen molar-refractivity contribution in [3.8, 4) is 0 Å². The van der Waals surface area contributed by atoms with Gasteiger partial charge in [-0.3, -0.25) is 14.5 Å². The number of aromatic nitrogens is 1. The van der Waals surface area contributed by atoms with Crippen LogP contribution in [0.25, 0.3) is 0 Å². The lowest BCUT2D eigenvalue weighted by atomic mass is 10.0. The molecular formula is C20H16N2O6S2. The molecule has 0 bridgehead atoms. The number of carbonyl (C=O) groups excluding carboxylic acids is 3. The summed E-state index contributed by atoms with van der Waals surface area (Å²) in [4.78, 5) is 44.6. The van der Waals surface area contributed by atoms with Crippen LogP contribution >= 0.6 is 22.7 Å². The zero-order valence-corrected chi connectivity index (χ0v) is 17.8. The second kappa shape index (κ2) is 7.54. The zero-order chi connectivity index (χ0) is 21.6. The van der Waals surface area contributed by atoms with Crippen LogP contribution in [0.15, 0.2) is 45.4 Å². The fourth-order valence-electron chi connectivity index (χ4n) is 3.21. The van der Waals surface area contributed by atoms with E-state index in [-0.39, 0.29) is 21.3 Å². The van der Waals surface area contributed by atoms with Gasteiger partial charge in [-0.1, -0.05) is 17.4 Å². The van der Waals surface area contributed by atoms with Gasteiger partial charge in [0.1, 0.15) is 16.7 Å². The van der Waals surface area contributed by atoms with Crippen LogP contribution < -0.4 is 4.90 Å². The molecule has 1 amide bonds. The van der Waals surface area contributed by atoms with Crippen molar-refractivity contribution in [1.82, 2.24) is 4.98 Å². The van der Waals surface area contributed by atoms with Crippen molar-refractivity contribution in [1.29, 1.82) is 0 Å². The second-order valence-corrected chi connectivity index (χ2v) is 8.45. The van der Waals surface area contributed by atoms with Gasteiger partial charge in [-0.05, 0) is 37.4 Å². The number of carbonyl (C=O) groups is 3. The predicted molar refractivity (Wildman–Crippen MR) is 110 cm³/mol. The number of ketones is 1. The molecule has 0 saturated heterocycles. The van der Waals surface area contributed by atoms with Crippen LogP contribution in [-0.4, -0.2) is 34.9 Å². The number of furan rings is 1. The van der Waals surface area contributed by atoms with Crippen molar-refractivity contribution in [3.63, 3.8) is 0 Å². The number of amides is 1. The summed E-state index contributed by atoms with van der Waals surface area (Å²) in [7, 11) is 1.26. The van der Waals surface area contributed by atoms with E-state index in [1.165, 1.54) is 29.4 Å². The largest absolute Gasteiger partial charge is 0.503 e. The summed E-state index contributed by atoms with van der Waals surface area (Å²) in [6.45, 7) is 3.32. The third-order valence-electron chi connectivity index (χ3n) is 4.59. The first-order valence-corrected chi connectivity index (χ1v) is 10.5. The molecule has 0 fully saturated rings. The topological polar surface area (TPSA) is 110 Å². The summed E-state index contributed by atoms with van der Waals surface area (Å²) < 4.78 is 10.2. The minimum absolute atomic E-state index is 0.0239. The van der Waals surface area contributed by atoms with E-state index in [9.17, 15) is 19.5 Å². The highest BCUT2D eigenvalue weighted by molar-refractivity contribution is 7.17. The molecule has 1 aliphatic rings. The summed E-state index contributed by atoms with van der Waals surface area (Å²) in [6, 6.07) is 5.78. The predicted octanol–water partition coefficient (Wildman–Crippen LogP) is 3.98. The van der Waals surface area contributed by atoms with Crippen molar-refractivity contribution in [3.05, 3.63) is 67.9 Å². The van der Waals surface area contributed by atoms with Crippen molar-refractivity contribution >= 4 is 45.5 Å². The number of aliphatic hydroxyl groups is 1. The van der Waals surface area contributed by atoms with E-state index >= 15 is 0 Å². The molecule has 1 N–H and O–H groups in total. The Labute approximate surface area is 179 Å². The number of hydrogen-bond acceptors (Lipinski definition) is 9. The number of nitrogens with zero attached hydrogens (tertiary/aromatic N) is 2. The third-order valence-corrected chi connectivity index (χ3v) is 6.65. The molecule has 0 aromatic carbocycles. The van der Waals surface area contributed by atoms with Crippen LogP contribution in [0.5, 0.6) is 0 Å². The Kier molecular flexibility index (Phi) is 5.04. The fraction of sp³-hybridized carbons (Fsp3) is 0.200. The number of Topliss-reactive ketones (excluding diaryl/α,β-unsaturated/α-hetero) is 1. The number of esters is 1. The smallest absolute Gasteiger partial charge is 0.350 e. The maximum Gasteiger partial charge on any atom is 0.350 e. The number of anilines is 1. The minimum atomic E-state index is -0.897. The number of aryl methyl sites for hydroxylation is 2. The third kappa shape index (κ3) is 3.14. The Morgan fingerprint density at radius 2 is 2.03 bits per heavy atom. The number of ether oxygens (including phenoxy) is 1. The van der Waals surface area contributed by atoms with Crippen LogP contribution in [0.3, 0.4) is 0 Å². The van der Waals surface area contributed by atoms with Crippen molar-refractivity contribution < 1.29 is 28.6 Å². The Bertz CT molecular complexity index is 1190. The average molecular weight is 444 g/mol. The molecule has 3 aromatic heterocycles. The maximum absolute atomic E-state index is 13.1. The normalized spacial score (nSPS) is 16.4. The molecule has 1 aliphatic heterocycles. The van der Waals surface area contributed by atoms with Gasteiger partial charge in [-0.15, -0.1) is 11.3 Å². The lowest BCUT2D eigenvalue weighted by Crippen LogP contribution is -2.30. The van der Waals surface area contributed by atoms with E-state index in [1.54, 1.807) is 37.4 Å². The van der Waals surface area contributed by atoms with E-state index in [4.69, 9.17) is 9.15 Å². The number of methoxy groups -OCH3 is 1. The van der Waals surface area contributed by atoms with E-state index < -0.39 is 29.5 Å². The lowest BCUT2D eigenvalue weighted by Gasteiger charge is -2.22. The number of hydrogen-bond donors (Lipinski definition) is 1. The van der Waals surface area contributed by atoms with E-state index in [0.29, 0.717) is 16.3 Å². The monoisotopic (exact) mass is 444 g/mol. The van der Waals surface area contributed by atoms with Crippen LogP contribution in [-0.2, 0) is 9.53 Å². The Balaban J connectivity index is 1.84. The van der Waals surface area contributed by atoms with Crippen molar-refractivity contribution in [2.75, 3.05) is 12.0 Å². The first kappa shape index (κ1) is 20.0. The fourth-order valence-corrected chi connectivity index (χ4v) is 5.04. The van der Waals surface area contributed by atoms with Crippen LogP contribution in [0.1, 0.15) is 42.6 Å². The molecule has 10 heteroatoms. The standard InChI is InChI=1S/C20H16N2O6S2/c1-9-6-7-11(28-9)15(23)13-14(12-5-4-8-29-12)22(18(25)16(13)24)20-21-10(2)17(30-20)19(26)27-3/h4-8,14,24H,1-3H3/t14-/m0/s1. The van der Waals surface area contributed by atoms with Gasteiger partial charge in [0.15, 0.2) is 16.7 Å². The molecule has 0 saturated carbocycles. The molecule has 0 spiro atoms. The van der Waals surface area contributed by atoms with Crippen molar-refractivity contribution in [2.24, 2.45) is 0 Å². The van der Waals surface area contributed by atoms with E-state index in [2.05, 4.69) is 4.98 Å². The highest BCUT2D eigenvalue weighted by Gasteiger charge is 2.47. The molecule has 30 heavy (non-hydrogen) atoms. The van der Waals surface area contributed by atoms with Gasteiger partial charge in [0.25, 0.3) is 5.91 Å². The molecule has 8 nitrogen and oxygen atoms in total. The minimum Gasteiger partial charge on any atom is -0.503 e. The number of aliphatic hydroxyl groups excluding tert-OH is 1. The first-order chi connectivity index (χ1) is 14.3. The van der Waals surface area contributed by atoms with Crippen LogP contribution in [0.4, 0.5) is 5.13 Å². The van der Waals surface area contributed by atoms with Gasteiger partial charge in [-0.25, -0.2) is 9.78 Å². The molecule has 154 valence electrons. The second-order valence-electron chi connectivity index (χ2n) is 6.50. The lowest BCUT2D eigenvalue weighted by molar-refractivity contribution is -0.117. The summed E-state index contributed by atoms with van der Waals surface area (Å²) >= 11 is 2.29. The van der Waals surface area contributed by atoms with Gasteiger partial charge in [0.2, 0.25) is 5.78 Å². The Hall–Kier alpha value is -3.24. The summed E-state index contributed by atoms with van der Waals surface area (Å²) in [5, 5.41) is 12.6. The number of thiophene rings is 1. The Morgan fingerprint density at radius 1 is 1.27 bits per heavy atom. The molecule has 0 aliphatic carbocycles. The van der Waals surface area contributed by atoms with Crippen LogP contribution in [0, 0.1) is 13.8 Å². The van der Waals surface area contributed by atoms with Crippen molar-refractivity contribution in [2.45, 2.75) is 19.9 Å². The molecular weight excluding hydrogens is 428 g/mol. The maximum atomic E-state index is 13.1. The van der Waals surface area contributed by atoms with Gasteiger partial charge in [0.05, 0.1) is 18.4 Å².